The summed E-state index contributed by atoms with van der Waals surface area (Å²) < 4.78 is 22.6. The monoisotopic (exact) mass is 284 g/mol. The molecule has 0 fully saturated rings. The van der Waals surface area contributed by atoms with Crippen LogP contribution < -0.4 is 0 Å². The molecule has 0 bridgehead atoms. The van der Waals surface area contributed by atoms with Crippen molar-refractivity contribution in [1.82, 2.24) is 0 Å². The zero-order chi connectivity index (χ0) is 10.1. The van der Waals surface area contributed by atoms with Crippen LogP contribution in [0.2, 0.25) is 0 Å². The van der Waals surface area contributed by atoms with Gasteiger partial charge in [0.15, 0.2) is 0 Å². The zero-order valence-electron chi connectivity index (χ0n) is 6.37. The van der Waals surface area contributed by atoms with Crippen LogP contribution in [-0.4, -0.2) is 13.5 Å². The van der Waals surface area contributed by atoms with Gasteiger partial charge in [0.1, 0.15) is 0 Å². The van der Waals surface area contributed by atoms with Crippen molar-refractivity contribution in [3.05, 3.63) is 28.2 Å². The molecule has 0 spiro atoms. The van der Waals surface area contributed by atoms with Crippen molar-refractivity contribution in [2.75, 3.05) is 0 Å². The molecule has 1 aromatic rings. The summed E-state index contributed by atoms with van der Waals surface area (Å²) >= 11 is 3.11. The SMILES string of the molecule is O=S(=O)(Cl)c1cc(Br)ccc1CO. The summed E-state index contributed by atoms with van der Waals surface area (Å²) in [6, 6.07) is 4.49. The van der Waals surface area contributed by atoms with Gasteiger partial charge in [-0.05, 0) is 17.7 Å². The van der Waals surface area contributed by atoms with Crippen LogP contribution in [0.3, 0.4) is 0 Å². The van der Waals surface area contributed by atoms with Gasteiger partial charge in [-0.25, -0.2) is 8.42 Å². The highest BCUT2D eigenvalue weighted by atomic mass is 79.9. The lowest BCUT2D eigenvalue weighted by molar-refractivity contribution is 0.278. The highest BCUT2D eigenvalue weighted by molar-refractivity contribution is 9.10. The molecule has 72 valence electrons. The first-order valence-electron chi connectivity index (χ1n) is 3.29. The van der Waals surface area contributed by atoms with Crippen LogP contribution >= 0.6 is 26.6 Å². The van der Waals surface area contributed by atoms with E-state index in [0.29, 0.717) is 10.0 Å². The molecule has 0 saturated heterocycles. The summed E-state index contributed by atoms with van der Waals surface area (Å²) in [5.74, 6) is 0. The molecule has 0 heterocycles. The van der Waals surface area contributed by atoms with E-state index in [1.165, 1.54) is 12.1 Å². The van der Waals surface area contributed by atoms with Crippen molar-refractivity contribution in [3.63, 3.8) is 0 Å². The lowest BCUT2D eigenvalue weighted by Gasteiger charge is -2.03. The van der Waals surface area contributed by atoms with E-state index < -0.39 is 9.05 Å². The number of halogens is 2. The molecule has 3 nitrogen and oxygen atoms in total. The molecule has 0 aliphatic rings. The second-order valence-corrected chi connectivity index (χ2v) is 5.80. The maximum atomic E-state index is 11.0. The Kier molecular flexibility index (Phi) is 3.34. The van der Waals surface area contributed by atoms with E-state index in [2.05, 4.69) is 15.9 Å². The van der Waals surface area contributed by atoms with Gasteiger partial charge in [-0.2, -0.15) is 0 Å². The van der Waals surface area contributed by atoms with E-state index in [1.807, 2.05) is 0 Å². The van der Waals surface area contributed by atoms with Crippen molar-refractivity contribution in [2.24, 2.45) is 0 Å². The van der Waals surface area contributed by atoms with Crippen molar-refractivity contribution in [1.29, 1.82) is 0 Å². The molecular weight excluding hydrogens is 279 g/mol. The molecule has 0 radical (unpaired) electrons. The fourth-order valence-electron chi connectivity index (χ4n) is 0.886. The molecule has 1 rings (SSSR count). The summed E-state index contributed by atoms with van der Waals surface area (Å²) in [5, 5.41) is 8.83. The van der Waals surface area contributed by atoms with Crippen LogP contribution in [0.5, 0.6) is 0 Å². The van der Waals surface area contributed by atoms with Crippen molar-refractivity contribution in [3.8, 4) is 0 Å². The standard InChI is InChI=1S/C7H6BrClO3S/c8-6-2-1-5(4-10)7(3-6)13(9,11)12/h1-3,10H,4H2. The number of benzene rings is 1. The highest BCUT2D eigenvalue weighted by Crippen LogP contribution is 2.24. The van der Waals surface area contributed by atoms with Crippen LogP contribution in [0, 0.1) is 0 Å². The van der Waals surface area contributed by atoms with E-state index in [-0.39, 0.29) is 11.5 Å². The zero-order valence-corrected chi connectivity index (χ0v) is 9.53. The molecule has 0 atom stereocenters. The lowest BCUT2D eigenvalue weighted by Crippen LogP contribution is -1.97. The van der Waals surface area contributed by atoms with Crippen molar-refractivity contribution >= 4 is 35.7 Å². The van der Waals surface area contributed by atoms with E-state index in [4.69, 9.17) is 15.8 Å². The van der Waals surface area contributed by atoms with Gasteiger partial charge in [0, 0.05) is 15.2 Å². The second-order valence-electron chi connectivity index (χ2n) is 2.35. The molecule has 1 aromatic carbocycles. The smallest absolute Gasteiger partial charge is 0.261 e. The second kappa shape index (κ2) is 3.96. The van der Waals surface area contributed by atoms with Gasteiger partial charge in [-0.15, -0.1) is 0 Å². The predicted octanol–water partition coefficient (Wildman–Crippen LogP) is 1.87. The van der Waals surface area contributed by atoms with Crippen molar-refractivity contribution in [2.45, 2.75) is 11.5 Å². The molecule has 13 heavy (non-hydrogen) atoms. The van der Waals surface area contributed by atoms with Gasteiger partial charge in [-0.3, -0.25) is 0 Å². The number of aliphatic hydroxyl groups excluding tert-OH is 1. The van der Waals surface area contributed by atoms with Crippen LogP contribution in [0.1, 0.15) is 5.56 Å². The minimum Gasteiger partial charge on any atom is -0.392 e. The Morgan fingerprint density at radius 3 is 2.54 bits per heavy atom. The van der Waals surface area contributed by atoms with Crippen molar-refractivity contribution < 1.29 is 13.5 Å². The Labute approximate surface area is 88.9 Å². The average molecular weight is 286 g/mol. The topological polar surface area (TPSA) is 54.4 Å². The van der Waals surface area contributed by atoms with Gasteiger partial charge in [0.25, 0.3) is 9.05 Å². The summed E-state index contributed by atoms with van der Waals surface area (Å²) in [5.41, 5.74) is 0.290. The third-order valence-electron chi connectivity index (χ3n) is 1.46. The quantitative estimate of drug-likeness (QED) is 0.844. The maximum Gasteiger partial charge on any atom is 0.261 e. The fourth-order valence-corrected chi connectivity index (χ4v) is 2.54. The number of rotatable bonds is 2. The van der Waals surface area contributed by atoms with Crippen LogP contribution in [0.15, 0.2) is 27.6 Å². The number of hydrogen-bond acceptors (Lipinski definition) is 3. The number of hydrogen-bond donors (Lipinski definition) is 1. The first-order valence-corrected chi connectivity index (χ1v) is 6.39. The average Bonchev–Trinajstić information content (AvgIpc) is 2.03. The first-order chi connectivity index (χ1) is 5.95. The van der Waals surface area contributed by atoms with Crippen LogP contribution in [-0.2, 0) is 15.7 Å². The number of aliphatic hydroxyl groups is 1. The molecule has 1 N–H and O–H groups in total. The molecule has 0 aliphatic carbocycles. The Hall–Kier alpha value is -0.100. The van der Waals surface area contributed by atoms with Gasteiger partial charge < -0.3 is 5.11 Å². The summed E-state index contributed by atoms with van der Waals surface area (Å²) in [6.07, 6.45) is 0. The summed E-state index contributed by atoms with van der Waals surface area (Å²) in [4.78, 5) is -0.0639. The molecule has 0 saturated carbocycles. The van der Waals surface area contributed by atoms with Gasteiger partial charge in [-0.1, -0.05) is 22.0 Å². The molecule has 0 aromatic heterocycles. The summed E-state index contributed by atoms with van der Waals surface area (Å²) in [6.45, 7) is -0.353. The Balaban J connectivity index is 3.41. The van der Waals surface area contributed by atoms with Gasteiger partial charge in [0.05, 0.1) is 11.5 Å². The minimum absolute atomic E-state index is 0.0639. The predicted molar refractivity (Wildman–Crippen MR) is 53.1 cm³/mol. The first kappa shape index (κ1) is 11.0. The molecule has 0 amide bonds. The van der Waals surface area contributed by atoms with E-state index >= 15 is 0 Å². The maximum absolute atomic E-state index is 11.0. The van der Waals surface area contributed by atoms with Gasteiger partial charge >= 0.3 is 0 Å². The third kappa shape index (κ3) is 2.67. The van der Waals surface area contributed by atoms with E-state index in [9.17, 15) is 8.42 Å². The fraction of sp³-hybridized carbons (Fsp3) is 0.143. The summed E-state index contributed by atoms with van der Waals surface area (Å²) in [7, 11) is 1.37. The normalized spacial score (nSPS) is 11.6. The lowest BCUT2D eigenvalue weighted by atomic mass is 10.2. The Bertz CT molecular complexity index is 416. The largest absolute Gasteiger partial charge is 0.392 e. The Morgan fingerprint density at radius 2 is 2.08 bits per heavy atom. The molecule has 0 aliphatic heterocycles. The van der Waals surface area contributed by atoms with Crippen LogP contribution in [0.4, 0.5) is 0 Å². The van der Waals surface area contributed by atoms with E-state index in [0.717, 1.165) is 0 Å². The molecular formula is C7H6BrClO3S. The minimum atomic E-state index is -3.79. The highest BCUT2D eigenvalue weighted by Gasteiger charge is 2.15. The molecule has 6 heteroatoms. The van der Waals surface area contributed by atoms with Crippen LogP contribution in [0.25, 0.3) is 0 Å². The van der Waals surface area contributed by atoms with Gasteiger partial charge in [0.2, 0.25) is 0 Å². The Morgan fingerprint density at radius 1 is 1.46 bits per heavy atom. The molecule has 0 unspecified atom stereocenters. The van der Waals surface area contributed by atoms with E-state index in [1.54, 1.807) is 6.07 Å². The third-order valence-corrected chi connectivity index (χ3v) is 3.36.